The van der Waals surface area contributed by atoms with E-state index in [4.69, 9.17) is 9.47 Å². The molecule has 0 unspecified atom stereocenters. The van der Waals surface area contributed by atoms with Gasteiger partial charge >= 0.3 is 0 Å². The van der Waals surface area contributed by atoms with Crippen molar-refractivity contribution >= 4 is 15.9 Å². The van der Waals surface area contributed by atoms with Gasteiger partial charge in [-0.3, -0.25) is 0 Å². The van der Waals surface area contributed by atoms with Gasteiger partial charge in [0.25, 0.3) is 0 Å². The Kier molecular flexibility index (Phi) is 3.75. The quantitative estimate of drug-likeness (QED) is 0.832. The third-order valence-corrected chi connectivity index (χ3v) is 2.00. The summed E-state index contributed by atoms with van der Waals surface area (Å²) in [5.74, 6) is 0.119. The Labute approximate surface area is 91.2 Å². The molecule has 2 nitrogen and oxygen atoms in total. The number of ether oxygens (including phenoxy) is 2. The lowest BCUT2D eigenvalue weighted by atomic mass is 10.3. The molecule has 0 heterocycles. The summed E-state index contributed by atoms with van der Waals surface area (Å²) in [4.78, 5) is 0. The minimum absolute atomic E-state index is 0.0161. The molecule has 0 saturated carbocycles. The average molecular weight is 263 g/mol. The van der Waals surface area contributed by atoms with Gasteiger partial charge in [-0.15, -0.1) is 0 Å². The van der Waals surface area contributed by atoms with Crippen LogP contribution in [0.25, 0.3) is 0 Å². The number of rotatable bonds is 3. The molecule has 0 bridgehead atoms. The SMILES string of the molecule is COc1c(F)cc(Br)cc1OC(C)C. The summed E-state index contributed by atoms with van der Waals surface area (Å²) in [6.45, 7) is 3.75. The van der Waals surface area contributed by atoms with Gasteiger partial charge in [0.15, 0.2) is 17.3 Å². The maximum absolute atomic E-state index is 13.3. The number of hydrogen-bond donors (Lipinski definition) is 0. The maximum Gasteiger partial charge on any atom is 0.196 e. The molecule has 1 rings (SSSR count). The van der Waals surface area contributed by atoms with Gasteiger partial charge in [0.2, 0.25) is 0 Å². The molecule has 0 amide bonds. The highest BCUT2D eigenvalue weighted by Gasteiger charge is 2.13. The lowest BCUT2D eigenvalue weighted by Gasteiger charge is -2.14. The lowest BCUT2D eigenvalue weighted by Crippen LogP contribution is -2.07. The van der Waals surface area contributed by atoms with E-state index in [1.807, 2.05) is 13.8 Å². The van der Waals surface area contributed by atoms with Gasteiger partial charge < -0.3 is 9.47 Å². The summed E-state index contributed by atoms with van der Waals surface area (Å²) in [5.41, 5.74) is 0. The van der Waals surface area contributed by atoms with Crippen LogP contribution < -0.4 is 9.47 Å². The second kappa shape index (κ2) is 4.64. The Morgan fingerprint density at radius 1 is 1.36 bits per heavy atom. The molecule has 0 spiro atoms. The summed E-state index contributed by atoms with van der Waals surface area (Å²) in [5, 5.41) is 0. The number of methoxy groups -OCH3 is 1. The van der Waals surface area contributed by atoms with E-state index in [9.17, 15) is 4.39 Å². The van der Waals surface area contributed by atoms with E-state index >= 15 is 0 Å². The van der Waals surface area contributed by atoms with Crippen LogP contribution in [0.5, 0.6) is 11.5 Å². The van der Waals surface area contributed by atoms with E-state index in [2.05, 4.69) is 15.9 Å². The first-order valence-corrected chi connectivity index (χ1v) is 5.03. The smallest absolute Gasteiger partial charge is 0.196 e. The molecule has 0 aliphatic rings. The largest absolute Gasteiger partial charge is 0.490 e. The summed E-state index contributed by atoms with van der Waals surface area (Å²) >= 11 is 3.19. The number of halogens is 2. The molecule has 0 aliphatic heterocycles. The molecule has 0 N–H and O–H groups in total. The second-order valence-corrected chi connectivity index (χ2v) is 4.00. The van der Waals surface area contributed by atoms with Crippen molar-refractivity contribution in [3.05, 3.63) is 22.4 Å². The fourth-order valence-electron chi connectivity index (χ4n) is 1.08. The second-order valence-electron chi connectivity index (χ2n) is 3.09. The van der Waals surface area contributed by atoms with E-state index in [0.717, 1.165) is 0 Å². The van der Waals surface area contributed by atoms with Gasteiger partial charge in [0.05, 0.1) is 13.2 Å². The van der Waals surface area contributed by atoms with E-state index in [-0.39, 0.29) is 11.9 Å². The van der Waals surface area contributed by atoms with Crippen molar-refractivity contribution in [3.63, 3.8) is 0 Å². The monoisotopic (exact) mass is 262 g/mol. The Balaban J connectivity index is 3.11. The van der Waals surface area contributed by atoms with Crippen molar-refractivity contribution in [1.29, 1.82) is 0 Å². The van der Waals surface area contributed by atoms with Crippen molar-refractivity contribution in [2.24, 2.45) is 0 Å². The fraction of sp³-hybridized carbons (Fsp3) is 0.400. The van der Waals surface area contributed by atoms with Crippen LogP contribution in [0.15, 0.2) is 16.6 Å². The van der Waals surface area contributed by atoms with Crippen LogP contribution in [0.3, 0.4) is 0 Å². The van der Waals surface area contributed by atoms with Gasteiger partial charge in [-0.05, 0) is 26.0 Å². The minimum Gasteiger partial charge on any atom is -0.490 e. The van der Waals surface area contributed by atoms with Gasteiger partial charge in [-0.25, -0.2) is 4.39 Å². The predicted molar refractivity (Wildman–Crippen MR) is 56.4 cm³/mol. The minimum atomic E-state index is -0.433. The van der Waals surface area contributed by atoms with Crippen molar-refractivity contribution in [3.8, 4) is 11.5 Å². The van der Waals surface area contributed by atoms with Crippen molar-refractivity contribution in [2.45, 2.75) is 20.0 Å². The number of hydrogen-bond acceptors (Lipinski definition) is 2. The standard InChI is InChI=1S/C10H12BrFO2/c1-6(2)14-9-5-7(11)4-8(12)10(9)13-3/h4-6H,1-3H3. The lowest BCUT2D eigenvalue weighted by molar-refractivity contribution is 0.226. The summed E-state index contributed by atoms with van der Waals surface area (Å²) in [7, 11) is 1.42. The molecular weight excluding hydrogens is 251 g/mol. The van der Waals surface area contributed by atoms with Crippen molar-refractivity contribution in [2.75, 3.05) is 7.11 Å². The highest BCUT2D eigenvalue weighted by Crippen LogP contribution is 2.34. The maximum atomic E-state index is 13.3. The summed E-state index contributed by atoms with van der Waals surface area (Å²) < 4.78 is 24.3. The average Bonchev–Trinajstić information content (AvgIpc) is 2.01. The molecule has 4 heteroatoms. The Morgan fingerprint density at radius 3 is 2.50 bits per heavy atom. The topological polar surface area (TPSA) is 18.5 Å². The van der Waals surface area contributed by atoms with E-state index in [0.29, 0.717) is 10.2 Å². The molecule has 1 aromatic carbocycles. The first-order chi connectivity index (χ1) is 6.54. The predicted octanol–water partition coefficient (Wildman–Crippen LogP) is 3.38. The molecular formula is C10H12BrFO2. The van der Waals surface area contributed by atoms with Crippen LogP contribution in [-0.4, -0.2) is 13.2 Å². The van der Waals surface area contributed by atoms with Crippen LogP contribution in [-0.2, 0) is 0 Å². The molecule has 0 saturated heterocycles. The van der Waals surface area contributed by atoms with Crippen LogP contribution >= 0.6 is 15.9 Å². The van der Waals surface area contributed by atoms with Crippen LogP contribution in [0.4, 0.5) is 4.39 Å². The highest BCUT2D eigenvalue weighted by molar-refractivity contribution is 9.10. The Morgan fingerprint density at radius 2 is 2.00 bits per heavy atom. The number of benzene rings is 1. The normalized spacial score (nSPS) is 10.4. The fourth-order valence-corrected chi connectivity index (χ4v) is 1.49. The van der Waals surface area contributed by atoms with Crippen LogP contribution in [0.2, 0.25) is 0 Å². The third kappa shape index (κ3) is 2.61. The van der Waals surface area contributed by atoms with E-state index in [1.54, 1.807) is 6.07 Å². The molecule has 1 aromatic rings. The summed E-state index contributed by atoms with van der Waals surface area (Å²) in [6.07, 6.45) is -0.0161. The molecule has 0 atom stereocenters. The van der Waals surface area contributed by atoms with E-state index < -0.39 is 5.82 Å². The van der Waals surface area contributed by atoms with Crippen molar-refractivity contribution < 1.29 is 13.9 Å². The molecule has 0 aromatic heterocycles. The molecule has 0 aliphatic carbocycles. The van der Waals surface area contributed by atoms with Crippen LogP contribution in [0.1, 0.15) is 13.8 Å². The van der Waals surface area contributed by atoms with Crippen molar-refractivity contribution in [1.82, 2.24) is 0 Å². The van der Waals surface area contributed by atoms with E-state index in [1.165, 1.54) is 13.2 Å². The zero-order valence-corrected chi connectivity index (χ0v) is 9.89. The molecule has 14 heavy (non-hydrogen) atoms. The van der Waals surface area contributed by atoms with Gasteiger partial charge in [-0.2, -0.15) is 0 Å². The molecule has 0 radical (unpaired) electrons. The molecule has 0 fully saturated rings. The van der Waals surface area contributed by atoms with Gasteiger partial charge in [-0.1, -0.05) is 15.9 Å². The third-order valence-electron chi connectivity index (χ3n) is 1.54. The first-order valence-electron chi connectivity index (χ1n) is 4.24. The first kappa shape index (κ1) is 11.3. The van der Waals surface area contributed by atoms with Gasteiger partial charge in [0, 0.05) is 4.47 Å². The Hall–Kier alpha value is -0.770. The Bertz CT molecular complexity index is 326. The zero-order valence-electron chi connectivity index (χ0n) is 8.30. The van der Waals surface area contributed by atoms with Crippen LogP contribution in [0, 0.1) is 5.82 Å². The van der Waals surface area contributed by atoms with Gasteiger partial charge in [0.1, 0.15) is 0 Å². The highest BCUT2D eigenvalue weighted by atomic mass is 79.9. The summed E-state index contributed by atoms with van der Waals surface area (Å²) in [6, 6.07) is 3.02. The zero-order chi connectivity index (χ0) is 10.7. The molecule has 78 valence electrons.